The highest BCUT2D eigenvalue weighted by molar-refractivity contribution is 5.93. The maximum absolute atomic E-state index is 13.4. The molecule has 0 saturated carbocycles. The number of carbonyl (C=O) groups excluding carboxylic acids is 1. The second-order valence-corrected chi connectivity index (χ2v) is 6.93. The van der Waals surface area contributed by atoms with Crippen LogP contribution in [-0.4, -0.2) is 34.4 Å². The van der Waals surface area contributed by atoms with E-state index in [1.165, 1.54) is 25.6 Å². The van der Waals surface area contributed by atoms with Crippen molar-refractivity contribution in [1.82, 2.24) is 14.8 Å². The van der Waals surface area contributed by atoms with Gasteiger partial charge in [-0.3, -0.25) is 9.69 Å². The summed E-state index contributed by atoms with van der Waals surface area (Å²) in [4.78, 5) is 18.9. The van der Waals surface area contributed by atoms with Crippen molar-refractivity contribution in [2.24, 2.45) is 0 Å². The van der Waals surface area contributed by atoms with Crippen LogP contribution in [-0.2, 0) is 9.53 Å². The van der Waals surface area contributed by atoms with Gasteiger partial charge in [0.05, 0.1) is 12.1 Å². The van der Waals surface area contributed by atoms with E-state index in [-0.39, 0.29) is 30.4 Å². The molecule has 1 amide bonds. The minimum Gasteiger partial charge on any atom is -0.375 e. The first-order valence-electron chi connectivity index (χ1n) is 9.11. The Hall–Kier alpha value is -3.06. The first kappa shape index (κ1) is 18.3. The van der Waals surface area contributed by atoms with Crippen molar-refractivity contribution >= 4 is 11.9 Å². The van der Waals surface area contributed by atoms with E-state index in [0.29, 0.717) is 12.4 Å². The quantitative estimate of drug-likeness (QED) is 0.696. The number of hydrogen-bond donors (Lipinski definition) is 0. The Balaban J connectivity index is 1.81. The zero-order valence-electron chi connectivity index (χ0n) is 15.7. The Kier molecular flexibility index (Phi) is 4.92. The van der Waals surface area contributed by atoms with Crippen molar-refractivity contribution in [2.75, 3.05) is 18.6 Å². The van der Waals surface area contributed by atoms with Crippen LogP contribution in [0.5, 0.6) is 0 Å². The number of benzene rings is 2. The molecule has 4 rings (SSSR count). The van der Waals surface area contributed by atoms with Gasteiger partial charge in [-0.05, 0) is 36.6 Å². The van der Waals surface area contributed by atoms with E-state index in [2.05, 4.69) is 10.1 Å². The summed E-state index contributed by atoms with van der Waals surface area (Å²) in [5.74, 6) is -0.00145. The van der Waals surface area contributed by atoms with Crippen LogP contribution in [0, 0.1) is 12.7 Å². The van der Waals surface area contributed by atoms with Gasteiger partial charge < -0.3 is 4.74 Å². The van der Waals surface area contributed by atoms with Crippen molar-refractivity contribution in [3.05, 3.63) is 77.4 Å². The van der Waals surface area contributed by atoms with Crippen LogP contribution < -0.4 is 4.90 Å². The summed E-state index contributed by atoms with van der Waals surface area (Å²) in [5, 5.41) is 4.35. The lowest BCUT2D eigenvalue weighted by Crippen LogP contribution is -2.44. The number of halogens is 1. The van der Waals surface area contributed by atoms with Crippen LogP contribution in [0.1, 0.15) is 35.2 Å². The molecule has 2 aromatic carbocycles. The number of rotatable bonds is 4. The molecule has 1 aromatic heterocycles. The number of hydrogen-bond acceptors (Lipinski definition) is 4. The minimum atomic E-state index is -0.287. The van der Waals surface area contributed by atoms with Crippen LogP contribution in [0.3, 0.4) is 0 Å². The van der Waals surface area contributed by atoms with Gasteiger partial charge in [0.15, 0.2) is 0 Å². The van der Waals surface area contributed by atoms with E-state index in [1.54, 1.807) is 21.7 Å². The van der Waals surface area contributed by atoms with E-state index in [1.807, 2.05) is 31.2 Å². The van der Waals surface area contributed by atoms with Gasteiger partial charge in [0.25, 0.3) is 5.91 Å². The summed E-state index contributed by atoms with van der Waals surface area (Å²) in [5.41, 5.74) is 3.08. The second-order valence-electron chi connectivity index (χ2n) is 6.93. The predicted molar refractivity (Wildman–Crippen MR) is 102 cm³/mol. The molecule has 144 valence electrons. The molecule has 1 aliphatic rings. The molecule has 28 heavy (non-hydrogen) atoms. The van der Waals surface area contributed by atoms with Gasteiger partial charge in [0.1, 0.15) is 18.8 Å². The average molecular weight is 380 g/mol. The zero-order valence-corrected chi connectivity index (χ0v) is 15.7. The minimum absolute atomic E-state index is 0.0452. The van der Waals surface area contributed by atoms with Gasteiger partial charge >= 0.3 is 0 Å². The highest BCUT2D eigenvalue weighted by Crippen LogP contribution is 2.41. The highest BCUT2D eigenvalue weighted by Gasteiger charge is 2.39. The summed E-state index contributed by atoms with van der Waals surface area (Å²) >= 11 is 0. The molecule has 0 radical (unpaired) electrons. The standard InChI is InChI=1S/C21H21FN4O2/c1-14-3-5-15(6-4-14)18-11-19(16-7-9-17(22)10-8-16)26-21(23-13-24-26)25(18)20(27)12-28-2/h3-10,13,18-19H,11-12H2,1-2H3/t18-,19-/m0/s1. The lowest BCUT2D eigenvalue weighted by Gasteiger charge is -2.39. The molecule has 0 bridgehead atoms. The summed E-state index contributed by atoms with van der Waals surface area (Å²) in [6.07, 6.45) is 2.04. The molecule has 1 aliphatic heterocycles. The first-order chi connectivity index (χ1) is 13.6. The highest BCUT2D eigenvalue weighted by atomic mass is 19.1. The number of amides is 1. The second kappa shape index (κ2) is 7.52. The summed E-state index contributed by atoms with van der Waals surface area (Å²) in [6, 6.07) is 14.1. The zero-order chi connectivity index (χ0) is 19.7. The maximum atomic E-state index is 13.4. The summed E-state index contributed by atoms with van der Waals surface area (Å²) < 4.78 is 20.2. The Bertz CT molecular complexity index is 969. The third kappa shape index (κ3) is 3.29. The predicted octanol–water partition coefficient (Wildman–Crippen LogP) is 3.44. The molecule has 2 heterocycles. The molecule has 0 spiro atoms. The maximum Gasteiger partial charge on any atom is 0.255 e. The van der Waals surface area contributed by atoms with Crippen molar-refractivity contribution in [2.45, 2.75) is 25.4 Å². The molecule has 2 atom stereocenters. The van der Waals surface area contributed by atoms with Gasteiger partial charge in [-0.1, -0.05) is 42.0 Å². The summed E-state index contributed by atoms with van der Waals surface area (Å²) in [6.45, 7) is 1.98. The third-order valence-corrected chi connectivity index (χ3v) is 5.08. The fraction of sp³-hybridized carbons (Fsp3) is 0.286. The number of anilines is 1. The van der Waals surface area contributed by atoms with Crippen LogP contribution in [0.2, 0.25) is 0 Å². The van der Waals surface area contributed by atoms with Gasteiger partial charge in [-0.2, -0.15) is 10.1 Å². The van der Waals surface area contributed by atoms with Gasteiger partial charge in [-0.15, -0.1) is 0 Å². The van der Waals surface area contributed by atoms with Gasteiger partial charge in [-0.25, -0.2) is 9.07 Å². The lowest BCUT2D eigenvalue weighted by molar-refractivity contribution is -0.123. The molecule has 0 fully saturated rings. The number of aromatic nitrogens is 3. The third-order valence-electron chi connectivity index (χ3n) is 5.08. The largest absolute Gasteiger partial charge is 0.375 e. The molecule has 0 unspecified atom stereocenters. The van der Waals surface area contributed by atoms with E-state index in [4.69, 9.17) is 4.74 Å². The molecular formula is C21H21FN4O2. The van der Waals surface area contributed by atoms with Gasteiger partial charge in [0, 0.05) is 7.11 Å². The Morgan fingerprint density at radius 3 is 2.43 bits per heavy atom. The molecule has 6 nitrogen and oxygen atoms in total. The number of aryl methyl sites for hydroxylation is 1. The molecule has 7 heteroatoms. The van der Waals surface area contributed by atoms with Crippen molar-refractivity contribution < 1.29 is 13.9 Å². The Morgan fingerprint density at radius 2 is 1.75 bits per heavy atom. The van der Waals surface area contributed by atoms with Crippen LogP contribution >= 0.6 is 0 Å². The molecule has 0 N–H and O–H groups in total. The van der Waals surface area contributed by atoms with Crippen LogP contribution in [0.15, 0.2) is 54.9 Å². The number of carbonyl (C=O) groups is 1. The monoisotopic (exact) mass is 380 g/mol. The summed E-state index contributed by atoms with van der Waals surface area (Å²) in [7, 11) is 1.49. The van der Waals surface area contributed by atoms with Crippen LogP contribution in [0.4, 0.5) is 10.3 Å². The molecular weight excluding hydrogens is 359 g/mol. The molecule has 0 saturated heterocycles. The number of ether oxygens (including phenoxy) is 1. The van der Waals surface area contributed by atoms with Crippen LogP contribution in [0.25, 0.3) is 0 Å². The number of nitrogens with zero attached hydrogens (tertiary/aromatic N) is 4. The van der Waals surface area contributed by atoms with E-state index in [0.717, 1.165) is 16.7 Å². The molecule has 0 aliphatic carbocycles. The van der Waals surface area contributed by atoms with Crippen molar-refractivity contribution in [3.8, 4) is 0 Å². The SMILES string of the molecule is COCC(=O)N1c2ncnn2[C@H](c2ccc(F)cc2)C[C@H]1c1ccc(C)cc1. The van der Waals surface area contributed by atoms with Crippen molar-refractivity contribution in [3.63, 3.8) is 0 Å². The smallest absolute Gasteiger partial charge is 0.255 e. The van der Waals surface area contributed by atoms with Gasteiger partial charge in [0.2, 0.25) is 5.95 Å². The van der Waals surface area contributed by atoms with Crippen molar-refractivity contribution in [1.29, 1.82) is 0 Å². The lowest BCUT2D eigenvalue weighted by atomic mass is 9.91. The fourth-order valence-electron chi connectivity index (χ4n) is 3.71. The fourth-order valence-corrected chi connectivity index (χ4v) is 3.71. The Labute approximate surface area is 162 Å². The molecule has 3 aromatic rings. The number of methoxy groups -OCH3 is 1. The number of fused-ring (bicyclic) bond motifs is 1. The van der Waals surface area contributed by atoms with E-state index in [9.17, 15) is 9.18 Å². The van der Waals surface area contributed by atoms with E-state index >= 15 is 0 Å². The Morgan fingerprint density at radius 1 is 1.11 bits per heavy atom. The first-order valence-corrected chi connectivity index (χ1v) is 9.11. The average Bonchev–Trinajstić information content (AvgIpc) is 3.18. The normalized spacial score (nSPS) is 18.8. The topological polar surface area (TPSA) is 60.2 Å². The van der Waals surface area contributed by atoms with E-state index < -0.39 is 0 Å².